The number of carboxylic acid groups (broad SMARTS) is 2. The van der Waals surface area contributed by atoms with Gasteiger partial charge in [0.25, 0.3) is 20.0 Å². The molecule has 20 nitrogen and oxygen atoms in total. The Hall–Kier alpha value is -8.63. The molecule has 3 aromatic heterocycles. The number of aromatic nitrogens is 3. The number of para-hydroxylation sites is 3. The second kappa shape index (κ2) is 21.2. The van der Waals surface area contributed by atoms with Crippen LogP contribution >= 0.6 is 0 Å². The number of aliphatic carboxylic acids is 2. The van der Waals surface area contributed by atoms with Crippen molar-refractivity contribution in [1.82, 2.24) is 27.6 Å². The third kappa shape index (κ3) is 8.40. The number of aromatic amines is 1. The monoisotopic (exact) mass is 1300 g/mol. The van der Waals surface area contributed by atoms with Gasteiger partial charge in [0, 0.05) is 94.9 Å². The highest BCUT2D eigenvalue weighted by Crippen LogP contribution is 2.65. The third-order valence-electron chi connectivity index (χ3n) is 23.4. The fourth-order valence-electron chi connectivity index (χ4n) is 19.9. The summed E-state index contributed by atoms with van der Waals surface area (Å²) in [7, 11) is -8.00. The lowest BCUT2D eigenvalue weighted by molar-refractivity contribution is -0.491. The van der Waals surface area contributed by atoms with Gasteiger partial charge in [0.1, 0.15) is 0 Å². The number of amides is 3. The Balaban J connectivity index is 0.000000117. The van der Waals surface area contributed by atoms with Crippen LogP contribution in [0.25, 0.3) is 32.7 Å². The predicted octanol–water partition coefficient (Wildman–Crippen LogP) is 9.75. The number of fused-ring (bicyclic) bond motifs is 9. The summed E-state index contributed by atoms with van der Waals surface area (Å²) in [6.07, 6.45) is 4.34. The molecule has 12 atom stereocenters. The number of hydrogen-bond acceptors (Lipinski definition) is 11. The molecule has 3 saturated heterocycles. The molecule has 22 heteroatoms. The summed E-state index contributed by atoms with van der Waals surface area (Å²) in [5.41, 5.74) is 7.39. The number of carbonyl (C=O) groups is 5. The van der Waals surface area contributed by atoms with Crippen molar-refractivity contribution in [3.8, 4) is 0 Å². The van der Waals surface area contributed by atoms with Crippen LogP contribution in [0.3, 0.4) is 0 Å². The first-order chi connectivity index (χ1) is 44.4. The Labute approximate surface area is 537 Å². The summed E-state index contributed by atoms with van der Waals surface area (Å²) in [5, 5.41) is 34.3. The normalized spacial score (nSPS) is 29.5. The fraction of sp³-hybridized carbons (Fsp3) is 0.423. The van der Waals surface area contributed by atoms with Crippen LogP contribution in [0.2, 0.25) is 0 Å². The Morgan fingerprint density at radius 1 is 0.538 bits per heavy atom. The summed E-state index contributed by atoms with van der Waals surface area (Å²) in [4.78, 5) is 84.0. The number of hydrogen-bond donors (Lipinski definition) is 3. The van der Waals surface area contributed by atoms with Crippen molar-refractivity contribution in [3.05, 3.63) is 176 Å². The molecule has 3 spiro atoms. The molecule has 3 aliphatic carbocycles. The average Bonchev–Trinajstić information content (AvgIpc) is 1.53. The molecule has 9 heterocycles. The highest BCUT2D eigenvalue weighted by molar-refractivity contribution is 7.90. The second-order valence-electron chi connectivity index (χ2n) is 27.9. The molecule has 482 valence electrons. The molecular weight excluding hydrogens is 1220 g/mol. The summed E-state index contributed by atoms with van der Waals surface area (Å²) in [6, 6.07) is 36.7. The maximum absolute atomic E-state index is 14.2. The lowest BCUT2D eigenvalue weighted by atomic mass is 9.77. The highest BCUT2D eigenvalue weighted by atomic mass is 32.2. The minimum atomic E-state index is -4.00. The smallest absolute Gasteiger partial charge is 0.307 e. The van der Waals surface area contributed by atoms with Gasteiger partial charge in [0.2, 0.25) is 24.3 Å². The van der Waals surface area contributed by atoms with Crippen LogP contribution < -0.4 is 0 Å². The van der Waals surface area contributed by atoms with Crippen LogP contribution in [0.4, 0.5) is 0 Å². The minimum absolute atomic E-state index is 0.0134. The molecular formula is C71H73N7O13S2. The van der Waals surface area contributed by atoms with Gasteiger partial charge in [-0.05, 0) is 129 Å². The van der Waals surface area contributed by atoms with E-state index < -0.39 is 66.4 Å². The van der Waals surface area contributed by atoms with Crippen LogP contribution in [0.15, 0.2) is 131 Å². The zero-order chi connectivity index (χ0) is 65.3. The lowest BCUT2D eigenvalue weighted by Crippen LogP contribution is -2.51. The van der Waals surface area contributed by atoms with Crippen LogP contribution in [-0.4, -0.2) is 115 Å². The number of nitrogens with one attached hydrogen (secondary N) is 1. The van der Waals surface area contributed by atoms with Crippen molar-refractivity contribution in [2.45, 2.75) is 119 Å². The number of H-pyrrole nitrogens is 1. The van der Waals surface area contributed by atoms with E-state index in [4.69, 9.17) is 0 Å². The Bertz CT molecular complexity index is 4790. The molecule has 8 aromatic rings. The van der Waals surface area contributed by atoms with Gasteiger partial charge >= 0.3 is 11.9 Å². The number of carbonyl (C=O) groups excluding carboxylic acids is 3. The number of rotatable bonds is 8. The summed E-state index contributed by atoms with van der Waals surface area (Å²) >= 11 is 0. The quantitative estimate of drug-likeness (QED) is 0.0945. The van der Waals surface area contributed by atoms with E-state index >= 15 is 0 Å². The SMILES string of the molecule is C[C@H]1CC23c4[nH]c5ccccc5c4CCN2C(=O)C[C@H]3[C@@H]1C(=O)O.Cc1ccc(S(=O)(=O)n2c3c(c4ccccc42)CCN2C(=O)C[C@H]4[C@H](C(=O)O)[C@@H](C)CC342)cc1.Cc1ccc(S(=O)(=O)n2c3c(c4ccccc42)CCN2C(=O)C[C@H]4[C@H](C[N+](=O)[O-])[C@@H](C)CC342)cc1. The molecule has 3 N–H and O–H groups in total. The summed E-state index contributed by atoms with van der Waals surface area (Å²) < 4.78 is 59.7. The second-order valence-corrected chi connectivity index (χ2v) is 31.5. The molecule has 93 heavy (non-hydrogen) atoms. The number of aryl methyl sites for hydroxylation is 2. The van der Waals surface area contributed by atoms with Gasteiger partial charge < -0.3 is 29.9 Å². The molecule has 6 fully saturated rings. The minimum Gasteiger partial charge on any atom is -0.481 e. The van der Waals surface area contributed by atoms with Crippen molar-refractivity contribution >= 4 is 82.4 Å². The fourth-order valence-corrected chi connectivity index (χ4v) is 23.2. The predicted molar refractivity (Wildman–Crippen MR) is 344 cm³/mol. The van der Waals surface area contributed by atoms with Crippen molar-refractivity contribution in [1.29, 1.82) is 0 Å². The van der Waals surface area contributed by atoms with E-state index in [1.165, 1.54) is 18.9 Å². The third-order valence-corrected chi connectivity index (χ3v) is 26.8. The Morgan fingerprint density at radius 2 is 0.925 bits per heavy atom. The first kappa shape index (κ1) is 60.6. The molecule has 3 saturated carbocycles. The summed E-state index contributed by atoms with van der Waals surface area (Å²) in [5.74, 6) is -4.16. The maximum atomic E-state index is 14.2. The van der Waals surface area contributed by atoms with Gasteiger partial charge in [-0.2, -0.15) is 0 Å². The van der Waals surface area contributed by atoms with E-state index in [1.54, 1.807) is 59.5 Å². The van der Waals surface area contributed by atoms with Gasteiger partial charge in [-0.1, -0.05) is 111 Å². The maximum Gasteiger partial charge on any atom is 0.307 e. The average molecular weight is 1300 g/mol. The Morgan fingerprint density at radius 3 is 1.40 bits per heavy atom. The number of carboxylic acids is 2. The molecule has 6 aliphatic heterocycles. The van der Waals surface area contributed by atoms with Crippen LogP contribution in [-0.2, 0) is 79.9 Å². The van der Waals surface area contributed by atoms with E-state index in [-0.39, 0.29) is 87.3 Å². The zero-order valence-corrected chi connectivity index (χ0v) is 54.0. The number of nitrogens with zero attached hydrogens (tertiary/aromatic N) is 6. The van der Waals surface area contributed by atoms with Gasteiger partial charge in [-0.3, -0.25) is 34.1 Å². The molecule has 17 rings (SSSR count). The van der Waals surface area contributed by atoms with Gasteiger partial charge in [0.05, 0.1) is 60.7 Å². The summed E-state index contributed by atoms with van der Waals surface area (Å²) in [6.45, 7) is 11.2. The van der Waals surface area contributed by atoms with Gasteiger partial charge in [-0.15, -0.1) is 0 Å². The van der Waals surface area contributed by atoms with E-state index in [1.807, 2.05) is 99.0 Å². The van der Waals surface area contributed by atoms with E-state index in [0.29, 0.717) is 74.2 Å². The van der Waals surface area contributed by atoms with Crippen molar-refractivity contribution in [3.63, 3.8) is 0 Å². The van der Waals surface area contributed by atoms with Crippen molar-refractivity contribution in [2.24, 2.45) is 53.3 Å². The molecule has 5 aromatic carbocycles. The zero-order valence-electron chi connectivity index (χ0n) is 52.3. The Kier molecular flexibility index (Phi) is 13.8. The van der Waals surface area contributed by atoms with E-state index in [2.05, 4.69) is 17.1 Å². The van der Waals surface area contributed by atoms with Gasteiger partial charge in [-0.25, -0.2) is 24.8 Å². The molecule has 0 bridgehead atoms. The largest absolute Gasteiger partial charge is 0.481 e. The first-order valence-electron chi connectivity index (χ1n) is 32.4. The molecule has 3 amide bonds. The number of benzene rings is 5. The molecule has 0 radical (unpaired) electrons. The van der Waals surface area contributed by atoms with Gasteiger partial charge in [0.15, 0.2) is 0 Å². The van der Waals surface area contributed by atoms with Crippen LogP contribution in [0.5, 0.6) is 0 Å². The van der Waals surface area contributed by atoms with E-state index in [9.17, 15) is 61.1 Å². The van der Waals surface area contributed by atoms with E-state index in [0.717, 1.165) is 57.1 Å². The number of nitro groups is 1. The molecule has 3 unspecified atom stereocenters. The van der Waals surface area contributed by atoms with Crippen LogP contribution in [0, 0.1) is 77.2 Å². The lowest BCUT2D eigenvalue weighted by Gasteiger charge is -2.44. The first-order valence-corrected chi connectivity index (χ1v) is 35.2. The molecule has 9 aliphatic rings. The van der Waals surface area contributed by atoms with Crippen LogP contribution in [0.1, 0.15) is 104 Å². The van der Waals surface area contributed by atoms with Crippen molar-refractivity contribution < 1.29 is 55.9 Å². The topological polar surface area (TPSA) is 273 Å². The van der Waals surface area contributed by atoms with Crippen molar-refractivity contribution in [2.75, 3.05) is 26.2 Å². The standard InChI is InChI=1S/C26H27N3O5S.C26H26N2O5S.C19H20N2O3/c1-16-7-9-18(10-8-16)35(33,34)29-23-6-4-3-5-19(23)20-11-12-27-24(30)13-22-21(15-28(31)32)17(2)14-26(22,27)25(20)29;1-15-7-9-17(10-8-15)34(32,33)28-21-6-4-3-5-18(21)19-11-12-27-22(29)13-20-23(25(30)31)16(2)14-26(20,27)24(19)28;1-10-9-19-13(16(10)18(23)24)8-15(22)21(19)7-6-12-11-4-2-3-5-14(11)20-17(12)19/h3-10,17,21-22H,11-15H2,1-2H3;3-10,16,20,23H,11-14H2,1-2H3,(H,30,31);2-5,10,13,16,20H,6-9H2,1H3,(H,23,24)/t17-,21+,22-,26?;16-,20-,23+,26?;10-,13-,16+,19?/m000/s1. The highest BCUT2D eigenvalue weighted by Gasteiger charge is 2.69.